The van der Waals surface area contributed by atoms with Crippen LogP contribution in [0.3, 0.4) is 0 Å². The van der Waals surface area contributed by atoms with Crippen molar-refractivity contribution in [2.45, 2.75) is 49.1 Å². The van der Waals surface area contributed by atoms with Gasteiger partial charge in [0.25, 0.3) is 0 Å². The summed E-state index contributed by atoms with van der Waals surface area (Å²) in [5.74, 6) is 0.354. The quantitative estimate of drug-likeness (QED) is 0.829. The Morgan fingerprint density at radius 3 is 2.53 bits per heavy atom. The molecule has 0 radical (unpaired) electrons. The second kappa shape index (κ2) is 4.89. The number of hydrogen-bond donors (Lipinski definition) is 2. The third kappa shape index (κ3) is 3.16. The van der Waals surface area contributed by atoms with E-state index in [1.807, 2.05) is 6.07 Å². The average Bonchev–Trinajstić information content (AvgIpc) is 3.23. The van der Waals surface area contributed by atoms with Crippen LogP contribution >= 0.6 is 0 Å². The molecular formula is C14H19NO3S. The molecule has 0 spiro atoms. The Labute approximate surface area is 113 Å². The Balaban J connectivity index is 1.83. The highest BCUT2D eigenvalue weighted by Crippen LogP contribution is 2.34. The van der Waals surface area contributed by atoms with Crippen LogP contribution in [0.1, 0.15) is 31.2 Å². The summed E-state index contributed by atoms with van der Waals surface area (Å²) >= 11 is 0. The van der Waals surface area contributed by atoms with Crippen LogP contribution < -0.4 is 4.72 Å². The van der Waals surface area contributed by atoms with Gasteiger partial charge in [0, 0.05) is 6.04 Å². The van der Waals surface area contributed by atoms with E-state index in [0.29, 0.717) is 17.2 Å². The van der Waals surface area contributed by atoms with Crippen LogP contribution in [0.25, 0.3) is 0 Å². The smallest absolute Gasteiger partial charge is 0.241 e. The van der Waals surface area contributed by atoms with Gasteiger partial charge in [-0.1, -0.05) is 18.2 Å². The topological polar surface area (TPSA) is 66.4 Å². The summed E-state index contributed by atoms with van der Waals surface area (Å²) in [6.07, 6.45) is 3.95. The summed E-state index contributed by atoms with van der Waals surface area (Å²) in [5.41, 5.74) is 0.718. The molecule has 0 heterocycles. The van der Waals surface area contributed by atoms with Crippen molar-refractivity contribution in [3.8, 4) is 0 Å². The zero-order valence-corrected chi connectivity index (χ0v) is 11.6. The van der Waals surface area contributed by atoms with E-state index >= 15 is 0 Å². The van der Waals surface area contributed by atoms with Crippen molar-refractivity contribution in [3.05, 3.63) is 29.8 Å². The van der Waals surface area contributed by atoms with Crippen molar-refractivity contribution in [2.24, 2.45) is 5.92 Å². The lowest BCUT2D eigenvalue weighted by atomic mass is 10.1. The summed E-state index contributed by atoms with van der Waals surface area (Å²) < 4.78 is 27.3. The summed E-state index contributed by atoms with van der Waals surface area (Å²) in [5, 5.41) is 10.0. The van der Waals surface area contributed by atoms with Gasteiger partial charge in [0.1, 0.15) is 0 Å². The molecule has 0 saturated heterocycles. The molecule has 19 heavy (non-hydrogen) atoms. The zero-order valence-electron chi connectivity index (χ0n) is 10.7. The van der Waals surface area contributed by atoms with E-state index in [1.54, 1.807) is 18.2 Å². The number of aliphatic hydroxyl groups is 1. The first-order valence-electron chi connectivity index (χ1n) is 6.84. The molecule has 2 aliphatic rings. The number of nitrogens with one attached hydrogen (secondary N) is 1. The van der Waals surface area contributed by atoms with Gasteiger partial charge in [0.15, 0.2) is 0 Å². The van der Waals surface area contributed by atoms with Crippen LogP contribution in [-0.2, 0) is 16.4 Å². The Morgan fingerprint density at radius 2 is 1.89 bits per heavy atom. The molecule has 2 fully saturated rings. The SMILES string of the molecule is O=S(=O)(NC1CC1)c1ccccc1CC(O)C1CC1. The maximum Gasteiger partial charge on any atom is 0.241 e. The van der Waals surface area contributed by atoms with Gasteiger partial charge in [-0.25, -0.2) is 13.1 Å². The molecule has 0 amide bonds. The van der Waals surface area contributed by atoms with Gasteiger partial charge in [0.2, 0.25) is 10.0 Å². The van der Waals surface area contributed by atoms with Gasteiger partial charge < -0.3 is 5.11 Å². The van der Waals surface area contributed by atoms with Gasteiger partial charge in [-0.3, -0.25) is 0 Å². The fourth-order valence-corrected chi connectivity index (χ4v) is 3.85. The van der Waals surface area contributed by atoms with Crippen LogP contribution in [0.4, 0.5) is 0 Å². The van der Waals surface area contributed by atoms with Crippen molar-refractivity contribution in [1.29, 1.82) is 0 Å². The minimum atomic E-state index is -3.44. The highest BCUT2D eigenvalue weighted by Gasteiger charge is 2.32. The maximum absolute atomic E-state index is 12.3. The van der Waals surface area contributed by atoms with Crippen LogP contribution in [0.5, 0.6) is 0 Å². The van der Waals surface area contributed by atoms with Crippen molar-refractivity contribution in [2.75, 3.05) is 0 Å². The van der Waals surface area contributed by atoms with Crippen molar-refractivity contribution >= 4 is 10.0 Å². The van der Waals surface area contributed by atoms with Crippen molar-refractivity contribution in [1.82, 2.24) is 4.72 Å². The van der Waals surface area contributed by atoms with E-state index in [1.165, 1.54) is 0 Å². The van der Waals surface area contributed by atoms with Crippen LogP contribution in [0.2, 0.25) is 0 Å². The standard InChI is InChI=1S/C14H19NO3S/c16-13(10-5-6-10)9-11-3-1-2-4-14(11)19(17,18)15-12-7-8-12/h1-4,10,12-13,15-16H,5-9H2. The van der Waals surface area contributed by atoms with E-state index in [9.17, 15) is 13.5 Å². The molecule has 2 aliphatic carbocycles. The average molecular weight is 281 g/mol. The monoisotopic (exact) mass is 281 g/mol. The predicted molar refractivity (Wildman–Crippen MR) is 72.2 cm³/mol. The number of rotatable bonds is 6. The van der Waals surface area contributed by atoms with Crippen LogP contribution in [0, 0.1) is 5.92 Å². The predicted octanol–water partition coefficient (Wildman–Crippen LogP) is 1.44. The second-order valence-electron chi connectivity index (χ2n) is 5.61. The Hall–Kier alpha value is -0.910. The third-order valence-electron chi connectivity index (χ3n) is 3.76. The number of hydrogen-bond acceptors (Lipinski definition) is 3. The molecule has 2 N–H and O–H groups in total. The molecule has 0 bridgehead atoms. The van der Waals surface area contributed by atoms with E-state index in [2.05, 4.69) is 4.72 Å². The number of benzene rings is 1. The molecule has 3 rings (SSSR count). The lowest BCUT2D eigenvalue weighted by molar-refractivity contribution is 0.151. The maximum atomic E-state index is 12.3. The summed E-state index contributed by atoms with van der Waals surface area (Å²) in [4.78, 5) is 0.321. The van der Waals surface area contributed by atoms with E-state index in [4.69, 9.17) is 0 Å². The highest BCUT2D eigenvalue weighted by molar-refractivity contribution is 7.89. The van der Waals surface area contributed by atoms with Crippen LogP contribution in [-0.4, -0.2) is 25.7 Å². The summed E-state index contributed by atoms with van der Waals surface area (Å²) in [6.45, 7) is 0. The molecule has 2 saturated carbocycles. The zero-order chi connectivity index (χ0) is 13.5. The van der Waals surface area contributed by atoms with Crippen molar-refractivity contribution in [3.63, 3.8) is 0 Å². The second-order valence-corrected chi connectivity index (χ2v) is 7.29. The molecule has 0 aromatic heterocycles. The molecule has 4 nitrogen and oxygen atoms in total. The molecule has 104 valence electrons. The largest absolute Gasteiger partial charge is 0.392 e. The minimum Gasteiger partial charge on any atom is -0.392 e. The number of sulfonamides is 1. The normalized spacial score (nSPS) is 21.3. The summed E-state index contributed by atoms with van der Waals surface area (Å²) in [6, 6.07) is 7.08. The molecule has 5 heteroatoms. The van der Waals surface area contributed by atoms with Gasteiger partial charge in [0.05, 0.1) is 11.0 Å². The van der Waals surface area contributed by atoms with E-state index in [0.717, 1.165) is 31.2 Å². The van der Waals surface area contributed by atoms with Gasteiger partial charge in [-0.15, -0.1) is 0 Å². The minimum absolute atomic E-state index is 0.103. The fraction of sp³-hybridized carbons (Fsp3) is 0.571. The Kier molecular flexibility index (Phi) is 3.37. The Bertz CT molecular complexity index is 562. The molecule has 0 aliphatic heterocycles. The molecule has 1 aromatic rings. The Morgan fingerprint density at radius 1 is 1.21 bits per heavy atom. The van der Waals surface area contributed by atoms with E-state index in [-0.39, 0.29) is 6.04 Å². The van der Waals surface area contributed by atoms with Gasteiger partial charge >= 0.3 is 0 Å². The lowest BCUT2D eigenvalue weighted by Gasteiger charge is -2.14. The van der Waals surface area contributed by atoms with Crippen molar-refractivity contribution < 1.29 is 13.5 Å². The first kappa shape index (κ1) is 13.1. The molecule has 1 aromatic carbocycles. The lowest BCUT2D eigenvalue weighted by Crippen LogP contribution is -2.27. The van der Waals surface area contributed by atoms with Gasteiger partial charge in [-0.2, -0.15) is 0 Å². The molecule has 1 unspecified atom stereocenters. The van der Waals surface area contributed by atoms with E-state index < -0.39 is 16.1 Å². The molecule has 1 atom stereocenters. The van der Waals surface area contributed by atoms with Gasteiger partial charge in [-0.05, 0) is 49.7 Å². The summed E-state index contributed by atoms with van der Waals surface area (Å²) in [7, 11) is -3.44. The molecular weight excluding hydrogens is 262 g/mol. The highest BCUT2D eigenvalue weighted by atomic mass is 32.2. The first-order chi connectivity index (χ1) is 9.06. The van der Waals surface area contributed by atoms with Crippen LogP contribution in [0.15, 0.2) is 29.2 Å². The third-order valence-corrected chi connectivity index (χ3v) is 5.38. The number of aliphatic hydroxyl groups excluding tert-OH is 1. The first-order valence-corrected chi connectivity index (χ1v) is 8.33. The fourth-order valence-electron chi connectivity index (χ4n) is 2.29.